The number of urea groups is 1. The van der Waals surface area contributed by atoms with Crippen LogP contribution in [-0.2, 0) is 4.79 Å². The van der Waals surface area contributed by atoms with Crippen molar-refractivity contribution in [3.8, 4) is 5.88 Å². The van der Waals surface area contributed by atoms with Gasteiger partial charge in [0.2, 0.25) is 5.88 Å². The van der Waals surface area contributed by atoms with Gasteiger partial charge in [-0.25, -0.2) is 9.78 Å². The highest BCUT2D eigenvalue weighted by atomic mass is 16.5. The lowest BCUT2D eigenvalue weighted by molar-refractivity contribution is -0.133. The van der Waals surface area contributed by atoms with E-state index >= 15 is 0 Å². The summed E-state index contributed by atoms with van der Waals surface area (Å²) in [5.74, 6) is -0.0476. The van der Waals surface area contributed by atoms with E-state index < -0.39 is 5.54 Å². The topological polar surface area (TPSA) is 91.8 Å². The number of imide groups is 1. The summed E-state index contributed by atoms with van der Waals surface area (Å²) >= 11 is 0. The smallest absolute Gasteiger partial charge is 0.325 e. The zero-order chi connectivity index (χ0) is 21.2. The summed E-state index contributed by atoms with van der Waals surface area (Å²) in [6.45, 7) is 8.77. The number of likely N-dealkylation sites (tertiary alicyclic amines) is 1. The van der Waals surface area contributed by atoms with Crippen molar-refractivity contribution in [1.29, 1.82) is 0 Å². The van der Waals surface area contributed by atoms with Crippen molar-refractivity contribution in [3.05, 3.63) is 36.0 Å². The first-order valence-electron chi connectivity index (χ1n) is 9.90. The number of methoxy groups -OCH3 is 1. The Morgan fingerprint density at radius 2 is 2.07 bits per heavy atom. The van der Waals surface area contributed by atoms with Crippen molar-refractivity contribution >= 4 is 17.8 Å². The minimum Gasteiger partial charge on any atom is -0.480 e. The Hall–Kier alpha value is -2.90. The largest absolute Gasteiger partial charge is 0.480 e. The Morgan fingerprint density at radius 1 is 1.38 bits per heavy atom. The molecule has 0 bridgehead atoms. The van der Waals surface area contributed by atoms with E-state index in [1.807, 2.05) is 6.92 Å². The van der Waals surface area contributed by atoms with Crippen LogP contribution in [0.1, 0.15) is 43.5 Å². The van der Waals surface area contributed by atoms with Crippen LogP contribution >= 0.6 is 0 Å². The van der Waals surface area contributed by atoms with Gasteiger partial charge in [0.15, 0.2) is 0 Å². The Balaban J connectivity index is 1.72. The van der Waals surface area contributed by atoms with E-state index in [9.17, 15) is 14.4 Å². The standard InChI is InChI=1S/C21H28N4O4/c1-5-21(19(27)25(13-14(2)3)20(28)23-21)15-8-11-24(12-9-15)18(26)16-7-6-10-22-17(16)29-4/h6-7,10,15H,2,5,8-9,11-13H2,1,3-4H3,(H,23,28)/t21-/m0/s1. The van der Waals surface area contributed by atoms with E-state index in [1.165, 1.54) is 12.0 Å². The molecule has 0 radical (unpaired) electrons. The molecule has 0 aliphatic carbocycles. The van der Waals surface area contributed by atoms with Gasteiger partial charge in [-0.05, 0) is 44.2 Å². The maximum Gasteiger partial charge on any atom is 0.325 e. The molecule has 0 spiro atoms. The first-order valence-corrected chi connectivity index (χ1v) is 9.90. The molecule has 156 valence electrons. The molecule has 29 heavy (non-hydrogen) atoms. The second-order valence-corrected chi connectivity index (χ2v) is 7.73. The van der Waals surface area contributed by atoms with Gasteiger partial charge in [0.05, 0.1) is 13.7 Å². The maximum absolute atomic E-state index is 13.1. The second-order valence-electron chi connectivity index (χ2n) is 7.73. The van der Waals surface area contributed by atoms with Gasteiger partial charge in [-0.1, -0.05) is 19.1 Å². The molecule has 8 heteroatoms. The molecular weight excluding hydrogens is 372 g/mol. The number of piperidine rings is 1. The van der Waals surface area contributed by atoms with Crippen LogP contribution in [0.3, 0.4) is 0 Å². The number of nitrogens with zero attached hydrogens (tertiary/aromatic N) is 3. The summed E-state index contributed by atoms with van der Waals surface area (Å²) in [5, 5.41) is 2.95. The van der Waals surface area contributed by atoms with Gasteiger partial charge in [-0.3, -0.25) is 14.5 Å². The van der Waals surface area contributed by atoms with E-state index in [0.717, 1.165) is 5.57 Å². The fraction of sp³-hybridized carbons (Fsp3) is 0.524. The molecule has 0 unspecified atom stereocenters. The molecule has 1 atom stereocenters. The van der Waals surface area contributed by atoms with Gasteiger partial charge in [0.25, 0.3) is 11.8 Å². The molecule has 0 aromatic carbocycles. The lowest BCUT2D eigenvalue weighted by atomic mass is 9.75. The normalized spacial score (nSPS) is 22.6. The van der Waals surface area contributed by atoms with Crippen LogP contribution in [0, 0.1) is 5.92 Å². The van der Waals surface area contributed by atoms with Crippen molar-refractivity contribution in [2.75, 3.05) is 26.7 Å². The van der Waals surface area contributed by atoms with E-state index in [-0.39, 0.29) is 30.3 Å². The first-order chi connectivity index (χ1) is 13.8. The number of hydrogen-bond donors (Lipinski definition) is 1. The molecule has 1 aromatic rings. The van der Waals surface area contributed by atoms with Gasteiger partial charge in [-0.15, -0.1) is 0 Å². The summed E-state index contributed by atoms with van der Waals surface area (Å²) < 4.78 is 5.20. The van der Waals surface area contributed by atoms with Crippen molar-refractivity contribution < 1.29 is 19.1 Å². The zero-order valence-corrected chi connectivity index (χ0v) is 17.2. The average molecular weight is 400 g/mol. The highest BCUT2D eigenvalue weighted by Crippen LogP contribution is 2.36. The van der Waals surface area contributed by atoms with Crippen LogP contribution < -0.4 is 10.1 Å². The van der Waals surface area contributed by atoms with Gasteiger partial charge in [0.1, 0.15) is 11.1 Å². The number of aromatic nitrogens is 1. The second kappa shape index (κ2) is 8.23. The molecular formula is C21H28N4O4. The molecule has 2 aliphatic heterocycles. The number of nitrogens with one attached hydrogen (secondary N) is 1. The fourth-order valence-corrected chi connectivity index (χ4v) is 4.33. The number of ether oxygens (including phenoxy) is 1. The van der Waals surface area contributed by atoms with Crippen LogP contribution in [0.4, 0.5) is 4.79 Å². The number of rotatable bonds is 6. The average Bonchev–Trinajstić information content (AvgIpc) is 2.98. The van der Waals surface area contributed by atoms with Gasteiger partial charge in [0, 0.05) is 19.3 Å². The zero-order valence-electron chi connectivity index (χ0n) is 17.2. The molecule has 3 rings (SSSR count). The third-order valence-corrected chi connectivity index (χ3v) is 5.86. The van der Waals surface area contributed by atoms with Crippen LogP contribution in [0.15, 0.2) is 30.5 Å². The third kappa shape index (κ3) is 3.71. The van der Waals surface area contributed by atoms with Crippen molar-refractivity contribution in [3.63, 3.8) is 0 Å². The quantitative estimate of drug-likeness (QED) is 0.584. The summed E-state index contributed by atoms with van der Waals surface area (Å²) in [6.07, 6.45) is 3.36. The number of hydrogen-bond acceptors (Lipinski definition) is 5. The van der Waals surface area contributed by atoms with Crippen LogP contribution in [0.25, 0.3) is 0 Å². The molecule has 0 saturated carbocycles. The monoisotopic (exact) mass is 400 g/mol. The third-order valence-electron chi connectivity index (χ3n) is 5.86. The minimum absolute atomic E-state index is 0.0288. The van der Waals surface area contributed by atoms with Crippen molar-refractivity contribution in [2.24, 2.45) is 5.92 Å². The molecule has 2 fully saturated rings. The van der Waals surface area contributed by atoms with E-state index in [2.05, 4.69) is 16.9 Å². The molecule has 2 aliphatic rings. The van der Waals surface area contributed by atoms with Crippen LogP contribution in [0.2, 0.25) is 0 Å². The molecule has 1 N–H and O–H groups in total. The Bertz CT molecular complexity index is 832. The Kier molecular flexibility index (Phi) is 5.91. The fourth-order valence-electron chi connectivity index (χ4n) is 4.33. The SMILES string of the molecule is C=C(C)CN1C(=O)N[C@@](CC)(C2CCN(C(=O)c3cccnc3OC)CC2)C1=O. The minimum atomic E-state index is -0.909. The molecule has 4 amide bonds. The number of amides is 4. The molecule has 3 heterocycles. The van der Waals surface area contributed by atoms with Crippen molar-refractivity contribution in [1.82, 2.24) is 20.1 Å². The summed E-state index contributed by atoms with van der Waals surface area (Å²) in [7, 11) is 1.49. The van der Waals surface area contributed by atoms with E-state index in [4.69, 9.17) is 4.74 Å². The van der Waals surface area contributed by atoms with Gasteiger partial charge >= 0.3 is 6.03 Å². The van der Waals surface area contributed by atoms with Crippen molar-refractivity contribution in [2.45, 2.75) is 38.6 Å². The van der Waals surface area contributed by atoms with E-state index in [1.54, 1.807) is 30.2 Å². The summed E-state index contributed by atoms with van der Waals surface area (Å²) in [6, 6.07) is 3.04. The number of pyridine rings is 1. The van der Waals surface area contributed by atoms with Gasteiger partial charge < -0.3 is 15.0 Å². The number of carbonyl (C=O) groups is 3. The maximum atomic E-state index is 13.1. The lowest BCUT2D eigenvalue weighted by Gasteiger charge is -2.40. The molecule has 1 aromatic heterocycles. The summed E-state index contributed by atoms with van der Waals surface area (Å²) in [4.78, 5) is 45.6. The predicted molar refractivity (Wildman–Crippen MR) is 107 cm³/mol. The Morgan fingerprint density at radius 3 is 2.66 bits per heavy atom. The lowest BCUT2D eigenvalue weighted by Crippen LogP contribution is -2.56. The molecule has 2 saturated heterocycles. The van der Waals surface area contributed by atoms with Crippen LogP contribution in [0.5, 0.6) is 5.88 Å². The highest BCUT2D eigenvalue weighted by molar-refractivity contribution is 6.07. The highest BCUT2D eigenvalue weighted by Gasteiger charge is 2.54. The van der Waals surface area contributed by atoms with E-state index in [0.29, 0.717) is 43.8 Å². The molecule has 8 nitrogen and oxygen atoms in total. The van der Waals surface area contributed by atoms with Crippen LogP contribution in [-0.4, -0.2) is 64.9 Å². The summed E-state index contributed by atoms with van der Waals surface area (Å²) in [5.41, 5.74) is 0.274. The van der Waals surface area contributed by atoms with Gasteiger partial charge in [-0.2, -0.15) is 0 Å². The Labute approximate surface area is 170 Å². The predicted octanol–water partition coefficient (Wildman–Crippen LogP) is 2.22. The first kappa shape index (κ1) is 20.8. The number of carbonyl (C=O) groups excluding carboxylic acids is 3.